The molecule has 0 saturated carbocycles. The zero-order chi connectivity index (χ0) is 14.4. The third-order valence-electron chi connectivity index (χ3n) is 3.41. The normalized spacial score (nSPS) is 17.1. The quantitative estimate of drug-likeness (QED) is 0.766. The van der Waals surface area contributed by atoms with Crippen molar-refractivity contribution >= 4 is 21.7 Å². The molecule has 0 N–H and O–H groups in total. The van der Waals surface area contributed by atoms with Crippen LogP contribution in [0.25, 0.3) is 0 Å². The summed E-state index contributed by atoms with van der Waals surface area (Å²) < 4.78 is 5.51. The maximum absolute atomic E-state index is 5.51. The van der Waals surface area contributed by atoms with Gasteiger partial charge in [-0.25, -0.2) is 4.98 Å². The van der Waals surface area contributed by atoms with Gasteiger partial charge < -0.3 is 14.5 Å². The van der Waals surface area contributed by atoms with Gasteiger partial charge in [-0.15, -0.1) is 0 Å². The summed E-state index contributed by atoms with van der Waals surface area (Å²) >= 11 is 3.51. The number of halogens is 1. The molecule has 5 nitrogen and oxygen atoms in total. The molecule has 1 aromatic rings. The molecule has 2 heterocycles. The molecule has 1 aliphatic rings. The highest BCUT2D eigenvalue weighted by atomic mass is 79.9. The van der Waals surface area contributed by atoms with E-state index < -0.39 is 0 Å². The highest BCUT2D eigenvalue weighted by Gasteiger charge is 2.16. The molecule has 0 aliphatic carbocycles. The first-order chi connectivity index (χ1) is 9.72. The summed E-state index contributed by atoms with van der Waals surface area (Å²) in [7, 11) is 0. The van der Waals surface area contributed by atoms with Crippen molar-refractivity contribution in [1.29, 1.82) is 0 Å². The zero-order valence-corrected chi connectivity index (χ0v) is 13.9. The minimum absolute atomic E-state index is 0.634. The monoisotopic (exact) mass is 342 g/mol. The van der Waals surface area contributed by atoms with E-state index in [0.717, 1.165) is 49.7 Å². The molecular weight excluding hydrogens is 320 g/mol. The van der Waals surface area contributed by atoms with Gasteiger partial charge in [-0.1, -0.05) is 15.9 Å². The lowest BCUT2D eigenvalue weighted by Gasteiger charge is -2.23. The van der Waals surface area contributed by atoms with E-state index in [9.17, 15) is 0 Å². The first kappa shape index (κ1) is 15.5. The van der Waals surface area contributed by atoms with Crippen LogP contribution in [0.15, 0.2) is 6.07 Å². The molecule has 0 radical (unpaired) electrons. The number of aryl methyl sites for hydroxylation is 1. The van der Waals surface area contributed by atoms with Crippen molar-refractivity contribution in [3.63, 3.8) is 0 Å². The van der Waals surface area contributed by atoms with Crippen molar-refractivity contribution in [2.45, 2.75) is 20.3 Å². The van der Waals surface area contributed by atoms with Crippen molar-refractivity contribution in [3.8, 4) is 5.88 Å². The van der Waals surface area contributed by atoms with Crippen LogP contribution in [0.4, 0.5) is 5.82 Å². The summed E-state index contributed by atoms with van der Waals surface area (Å²) in [5.41, 5.74) is 0. The lowest BCUT2D eigenvalue weighted by molar-refractivity contribution is 0.313. The van der Waals surface area contributed by atoms with Crippen molar-refractivity contribution in [1.82, 2.24) is 14.9 Å². The molecule has 2 rings (SSSR count). The van der Waals surface area contributed by atoms with E-state index >= 15 is 0 Å². The molecule has 0 aromatic carbocycles. The Morgan fingerprint density at radius 3 is 2.85 bits per heavy atom. The fourth-order valence-corrected chi connectivity index (χ4v) is 2.95. The largest absolute Gasteiger partial charge is 0.478 e. The van der Waals surface area contributed by atoms with Crippen molar-refractivity contribution in [2.24, 2.45) is 0 Å². The summed E-state index contributed by atoms with van der Waals surface area (Å²) in [5.74, 6) is 2.44. The molecule has 0 atom stereocenters. The van der Waals surface area contributed by atoms with Gasteiger partial charge in [-0.3, -0.25) is 0 Å². The molecular formula is C14H23BrN4O. The number of rotatable bonds is 5. The van der Waals surface area contributed by atoms with Gasteiger partial charge in [0.2, 0.25) is 5.88 Å². The number of hydrogen-bond acceptors (Lipinski definition) is 5. The molecule has 1 saturated heterocycles. The first-order valence-electron chi connectivity index (χ1n) is 7.24. The number of nitrogens with zero attached hydrogens (tertiary/aromatic N) is 4. The number of hydrogen-bond donors (Lipinski definition) is 0. The predicted molar refractivity (Wildman–Crippen MR) is 85.0 cm³/mol. The Balaban J connectivity index is 2.07. The third-order valence-corrected chi connectivity index (χ3v) is 3.76. The second kappa shape index (κ2) is 7.78. The van der Waals surface area contributed by atoms with E-state index in [2.05, 4.69) is 35.7 Å². The average Bonchev–Trinajstić information content (AvgIpc) is 2.65. The van der Waals surface area contributed by atoms with Crippen LogP contribution >= 0.6 is 15.9 Å². The molecule has 1 fully saturated rings. The summed E-state index contributed by atoms with van der Waals surface area (Å²) in [6.45, 7) is 9.93. The molecule has 0 bridgehead atoms. The SMILES string of the molecule is CCOc1cc(N2CCCN(CCBr)CC2)nc(C)n1. The molecule has 1 aliphatic heterocycles. The van der Waals surface area contributed by atoms with Crippen molar-refractivity contribution in [2.75, 3.05) is 49.6 Å². The van der Waals surface area contributed by atoms with Crippen LogP contribution in [-0.4, -0.2) is 59.5 Å². The molecule has 0 spiro atoms. The minimum Gasteiger partial charge on any atom is -0.478 e. The number of alkyl halides is 1. The fraction of sp³-hybridized carbons (Fsp3) is 0.714. The Morgan fingerprint density at radius 2 is 2.10 bits per heavy atom. The Bertz CT molecular complexity index is 430. The topological polar surface area (TPSA) is 41.5 Å². The summed E-state index contributed by atoms with van der Waals surface area (Å²) in [4.78, 5) is 13.7. The Morgan fingerprint density at radius 1 is 1.25 bits per heavy atom. The van der Waals surface area contributed by atoms with E-state index in [4.69, 9.17) is 4.74 Å². The van der Waals surface area contributed by atoms with Crippen LogP contribution in [0, 0.1) is 6.92 Å². The van der Waals surface area contributed by atoms with Crippen molar-refractivity contribution in [3.05, 3.63) is 11.9 Å². The zero-order valence-electron chi connectivity index (χ0n) is 12.3. The molecule has 1 aromatic heterocycles. The number of aromatic nitrogens is 2. The van der Waals surface area contributed by atoms with Crippen LogP contribution in [0.3, 0.4) is 0 Å². The van der Waals surface area contributed by atoms with Crippen LogP contribution < -0.4 is 9.64 Å². The van der Waals surface area contributed by atoms with E-state index in [1.165, 1.54) is 6.42 Å². The average molecular weight is 343 g/mol. The fourth-order valence-electron chi connectivity index (χ4n) is 2.45. The lowest BCUT2D eigenvalue weighted by Crippen LogP contribution is -2.32. The minimum atomic E-state index is 0.634. The van der Waals surface area contributed by atoms with Gasteiger partial charge in [0.15, 0.2) is 0 Å². The van der Waals surface area contributed by atoms with Gasteiger partial charge in [-0.2, -0.15) is 4.98 Å². The van der Waals surface area contributed by atoms with Crippen LogP contribution in [0.1, 0.15) is 19.2 Å². The van der Waals surface area contributed by atoms with Gasteiger partial charge >= 0.3 is 0 Å². The second-order valence-electron chi connectivity index (χ2n) is 4.92. The first-order valence-corrected chi connectivity index (χ1v) is 8.37. The molecule has 0 unspecified atom stereocenters. The van der Waals surface area contributed by atoms with Crippen LogP contribution in [-0.2, 0) is 0 Å². The van der Waals surface area contributed by atoms with Gasteiger partial charge in [0.25, 0.3) is 0 Å². The Labute approximate surface area is 129 Å². The maximum atomic E-state index is 5.51. The molecule has 0 amide bonds. The summed E-state index contributed by atoms with van der Waals surface area (Å²) in [5, 5.41) is 1.04. The molecule has 20 heavy (non-hydrogen) atoms. The molecule has 112 valence electrons. The Kier molecular flexibility index (Phi) is 6.04. The highest BCUT2D eigenvalue weighted by molar-refractivity contribution is 9.09. The summed E-state index contributed by atoms with van der Waals surface area (Å²) in [6.07, 6.45) is 1.17. The van der Waals surface area contributed by atoms with Crippen molar-refractivity contribution < 1.29 is 4.74 Å². The summed E-state index contributed by atoms with van der Waals surface area (Å²) in [6, 6.07) is 1.96. The lowest BCUT2D eigenvalue weighted by atomic mass is 10.3. The third kappa shape index (κ3) is 4.31. The predicted octanol–water partition coefficient (Wildman–Crippen LogP) is 2.09. The number of ether oxygens (including phenoxy) is 1. The van der Waals surface area contributed by atoms with Crippen LogP contribution in [0.2, 0.25) is 0 Å². The van der Waals surface area contributed by atoms with Gasteiger partial charge in [0, 0.05) is 37.6 Å². The van der Waals surface area contributed by atoms with E-state index in [-0.39, 0.29) is 0 Å². The second-order valence-corrected chi connectivity index (χ2v) is 5.71. The maximum Gasteiger partial charge on any atom is 0.218 e. The van der Waals surface area contributed by atoms with Gasteiger partial charge in [-0.05, 0) is 26.8 Å². The number of anilines is 1. The van der Waals surface area contributed by atoms with E-state index in [1.807, 2.05) is 19.9 Å². The van der Waals surface area contributed by atoms with Gasteiger partial charge in [0.1, 0.15) is 11.6 Å². The molecule has 6 heteroatoms. The van der Waals surface area contributed by atoms with E-state index in [1.54, 1.807) is 0 Å². The standard InChI is InChI=1S/C14H23BrN4O/c1-3-20-14-11-13(16-12(2)17-14)19-7-4-6-18(8-5-15)9-10-19/h11H,3-10H2,1-2H3. The van der Waals surface area contributed by atoms with Crippen LogP contribution in [0.5, 0.6) is 5.88 Å². The van der Waals surface area contributed by atoms with E-state index in [0.29, 0.717) is 12.5 Å². The van der Waals surface area contributed by atoms with Gasteiger partial charge in [0.05, 0.1) is 6.61 Å². The highest BCUT2D eigenvalue weighted by Crippen LogP contribution is 2.19. The smallest absolute Gasteiger partial charge is 0.218 e. The Hall–Kier alpha value is -0.880.